The maximum absolute atomic E-state index is 13.7. The number of thioether (sulfide) groups is 1. The van der Waals surface area contributed by atoms with Gasteiger partial charge in [0.25, 0.3) is 0 Å². The van der Waals surface area contributed by atoms with Crippen molar-refractivity contribution in [2.45, 2.75) is 24.9 Å². The Bertz CT molecular complexity index is 857. The van der Waals surface area contributed by atoms with Crippen molar-refractivity contribution in [1.82, 2.24) is 4.98 Å². The molecule has 0 atom stereocenters. The Morgan fingerprint density at radius 1 is 1.19 bits per heavy atom. The third-order valence-electron chi connectivity index (χ3n) is 3.58. The minimum atomic E-state index is -4.67. The van der Waals surface area contributed by atoms with E-state index in [1.165, 1.54) is 6.20 Å². The number of aliphatic imine (C=N–C) groups is 1. The van der Waals surface area contributed by atoms with Crippen molar-refractivity contribution < 1.29 is 17.9 Å². The molecule has 2 rings (SSSR count). The molecule has 0 aliphatic rings. The molecule has 0 amide bonds. The number of halogens is 3. The molecule has 1 aromatic heterocycles. The first-order chi connectivity index (χ1) is 12.7. The van der Waals surface area contributed by atoms with Gasteiger partial charge in [0.1, 0.15) is 5.57 Å². The van der Waals surface area contributed by atoms with Crippen LogP contribution in [-0.4, -0.2) is 24.0 Å². The van der Waals surface area contributed by atoms with Crippen molar-refractivity contribution in [3.8, 4) is 0 Å². The molecule has 0 bridgehead atoms. The fraction of sp³-hybridized carbons (Fsp3) is 0.200. The second-order valence-electron chi connectivity index (χ2n) is 5.66. The van der Waals surface area contributed by atoms with E-state index in [-0.39, 0.29) is 4.91 Å². The van der Waals surface area contributed by atoms with Crippen molar-refractivity contribution in [2.24, 2.45) is 4.99 Å². The first kappa shape index (κ1) is 20.8. The standard InChI is InChI=1S/C20H19F3N2OS/c1-13-7-9-17(10-8-13)27-15(3)18(20(21,22)23)19(26-4)25-14(2)16-6-5-11-24-12-16/h5-12H,3H2,1-2,4H3/b19-18-,25-14?. The van der Waals surface area contributed by atoms with Crippen molar-refractivity contribution >= 4 is 17.5 Å². The summed E-state index contributed by atoms with van der Waals surface area (Å²) in [6, 6.07) is 10.5. The van der Waals surface area contributed by atoms with Crippen LogP contribution in [0.4, 0.5) is 13.2 Å². The molecule has 142 valence electrons. The molecule has 0 saturated carbocycles. The number of nitrogens with zero attached hydrogens (tertiary/aromatic N) is 2. The van der Waals surface area contributed by atoms with Crippen LogP contribution in [0.25, 0.3) is 0 Å². The maximum atomic E-state index is 13.7. The summed E-state index contributed by atoms with van der Waals surface area (Å²) < 4.78 is 46.2. The smallest absolute Gasteiger partial charge is 0.422 e. The van der Waals surface area contributed by atoms with Gasteiger partial charge in [-0.15, -0.1) is 0 Å². The van der Waals surface area contributed by atoms with E-state index >= 15 is 0 Å². The Hall–Kier alpha value is -2.54. The van der Waals surface area contributed by atoms with Crippen LogP contribution in [-0.2, 0) is 4.74 Å². The molecule has 1 heterocycles. The first-order valence-corrected chi connectivity index (χ1v) is 8.79. The molecule has 7 heteroatoms. The second-order valence-corrected chi connectivity index (χ2v) is 6.83. The van der Waals surface area contributed by atoms with Gasteiger partial charge in [-0.05, 0) is 32.0 Å². The van der Waals surface area contributed by atoms with Crippen molar-refractivity contribution in [3.05, 3.63) is 82.9 Å². The monoisotopic (exact) mass is 392 g/mol. The summed E-state index contributed by atoms with van der Waals surface area (Å²) in [6.07, 6.45) is -1.57. The van der Waals surface area contributed by atoms with Gasteiger partial charge in [0.15, 0.2) is 0 Å². The van der Waals surface area contributed by atoms with Crippen LogP contribution in [0.15, 0.2) is 81.6 Å². The Morgan fingerprint density at radius 2 is 1.85 bits per heavy atom. The third kappa shape index (κ3) is 5.72. The van der Waals surface area contributed by atoms with E-state index < -0.39 is 17.6 Å². The summed E-state index contributed by atoms with van der Waals surface area (Å²) >= 11 is 0.920. The molecule has 0 aliphatic heterocycles. The van der Waals surface area contributed by atoms with Crippen LogP contribution < -0.4 is 0 Å². The van der Waals surface area contributed by atoms with E-state index in [4.69, 9.17) is 4.74 Å². The molecule has 0 spiro atoms. The zero-order valence-electron chi connectivity index (χ0n) is 15.2. The van der Waals surface area contributed by atoms with E-state index in [0.717, 1.165) is 24.4 Å². The number of benzene rings is 1. The molecule has 0 N–H and O–H groups in total. The Labute approximate surface area is 160 Å². The molecule has 0 saturated heterocycles. The molecule has 3 nitrogen and oxygen atoms in total. The highest BCUT2D eigenvalue weighted by molar-refractivity contribution is 8.03. The molecule has 0 fully saturated rings. The van der Waals surface area contributed by atoms with Crippen LogP contribution in [0.5, 0.6) is 0 Å². The highest BCUT2D eigenvalue weighted by Gasteiger charge is 2.40. The third-order valence-corrected chi connectivity index (χ3v) is 4.54. The lowest BCUT2D eigenvalue weighted by molar-refractivity contribution is -0.0917. The lowest BCUT2D eigenvalue weighted by atomic mass is 10.2. The number of ether oxygens (including phenoxy) is 1. The number of aromatic nitrogens is 1. The van der Waals surface area contributed by atoms with Gasteiger partial charge in [-0.2, -0.15) is 13.2 Å². The number of pyridine rings is 1. The second kappa shape index (κ2) is 8.90. The van der Waals surface area contributed by atoms with Gasteiger partial charge < -0.3 is 4.74 Å². The number of rotatable bonds is 6. The molecule has 0 radical (unpaired) electrons. The molecule has 27 heavy (non-hydrogen) atoms. The maximum Gasteiger partial charge on any atom is 0.422 e. The van der Waals surface area contributed by atoms with Crippen LogP contribution in [0, 0.1) is 6.92 Å². The zero-order chi connectivity index (χ0) is 20.0. The summed E-state index contributed by atoms with van der Waals surface area (Å²) in [5.41, 5.74) is 0.977. The van der Waals surface area contributed by atoms with Gasteiger partial charge in [-0.25, -0.2) is 4.99 Å². The SMILES string of the molecule is C=C(Sc1ccc(C)cc1)/C(=C(\N=C(C)c1cccnc1)OC)C(F)(F)F. The van der Waals surface area contributed by atoms with E-state index in [1.807, 2.05) is 19.1 Å². The summed E-state index contributed by atoms with van der Waals surface area (Å²) in [5.74, 6) is -0.534. The van der Waals surface area contributed by atoms with Crippen LogP contribution in [0.2, 0.25) is 0 Å². The molecule has 0 unspecified atom stereocenters. The number of alkyl halides is 3. The summed E-state index contributed by atoms with van der Waals surface area (Å²) in [7, 11) is 1.16. The lowest BCUT2D eigenvalue weighted by Crippen LogP contribution is -2.16. The van der Waals surface area contributed by atoms with Crippen LogP contribution in [0.1, 0.15) is 18.1 Å². The minimum absolute atomic E-state index is 0.189. The summed E-state index contributed by atoms with van der Waals surface area (Å²) in [5, 5.41) is 0. The average Bonchev–Trinajstić information content (AvgIpc) is 2.62. The Morgan fingerprint density at radius 3 is 2.37 bits per heavy atom. The van der Waals surface area contributed by atoms with E-state index in [9.17, 15) is 13.2 Å². The van der Waals surface area contributed by atoms with Crippen molar-refractivity contribution in [3.63, 3.8) is 0 Å². The largest absolute Gasteiger partial charge is 0.481 e. The van der Waals surface area contributed by atoms with E-state index in [2.05, 4.69) is 16.6 Å². The molecular weight excluding hydrogens is 373 g/mol. The quantitative estimate of drug-likeness (QED) is 0.265. The lowest BCUT2D eigenvalue weighted by Gasteiger charge is -2.17. The molecule has 2 aromatic rings. The van der Waals surface area contributed by atoms with Gasteiger partial charge in [0, 0.05) is 27.8 Å². The van der Waals surface area contributed by atoms with Crippen molar-refractivity contribution in [2.75, 3.05) is 7.11 Å². The van der Waals surface area contributed by atoms with E-state index in [0.29, 0.717) is 16.2 Å². The molecular formula is C20H19F3N2OS. The fourth-order valence-corrected chi connectivity index (χ4v) is 3.06. The number of hydrogen-bond acceptors (Lipinski definition) is 4. The highest BCUT2D eigenvalue weighted by atomic mass is 32.2. The zero-order valence-corrected chi connectivity index (χ0v) is 16.0. The predicted octanol–water partition coefficient (Wildman–Crippen LogP) is 5.93. The fourth-order valence-electron chi connectivity index (χ4n) is 2.20. The van der Waals surface area contributed by atoms with Crippen molar-refractivity contribution in [1.29, 1.82) is 0 Å². The summed E-state index contributed by atoms with van der Waals surface area (Å²) in [6.45, 7) is 7.11. The topological polar surface area (TPSA) is 34.5 Å². The number of aryl methyl sites for hydroxylation is 1. The van der Waals surface area contributed by atoms with Gasteiger partial charge in [-0.3, -0.25) is 4.98 Å². The average molecular weight is 392 g/mol. The van der Waals surface area contributed by atoms with Gasteiger partial charge in [-0.1, -0.05) is 42.1 Å². The van der Waals surface area contributed by atoms with E-state index in [1.54, 1.807) is 37.4 Å². The molecule has 0 aliphatic carbocycles. The van der Waals surface area contributed by atoms with Crippen LogP contribution >= 0.6 is 11.8 Å². The Kier molecular flexibility index (Phi) is 6.85. The number of methoxy groups -OCH3 is 1. The predicted molar refractivity (Wildman–Crippen MR) is 103 cm³/mol. The minimum Gasteiger partial charge on any atom is -0.481 e. The Balaban J connectivity index is 2.44. The summed E-state index contributed by atoms with van der Waals surface area (Å²) in [4.78, 5) is 8.46. The number of allylic oxidation sites excluding steroid dienone is 1. The normalized spacial score (nSPS) is 13.2. The van der Waals surface area contributed by atoms with Gasteiger partial charge in [0.05, 0.1) is 12.8 Å². The molecule has 1 aromatic carbocycles. The highest BCUT2D eigenvalue weighted by Crippen LogP contribution is 2.41. The van der Waals surface area contributed by atoms with Gasteiger partial charge >= 0.3 is 6.18 Å². The first-order valence-electron chi connectivity index (χ1n) is 7.97. The number of hydrogen-bond donors (Lipinski definition) is 0. The van der Waals surface area contributed by atoms with Gasteiger partial charge in [0.2, 0.25) is 5.88 Å². The van der Waals surface area contributed by atoms with Crippen LogP contribution in [0.3, 0.4) is 0 Å².